The van der Waals surface area contributed by atoms with Gasteiger partial charge < -0.3 is 29.9 Å². The monoisotopic (exact) mass is 700 g/mol. The summed E-state index contributed by atoms with van der Waals surface area (Å²) in [7, 11) is 2.64. The van der Waals surface area contributed by atoms with Crippen molar-refractivity contribution in [1.82, 2.24) is 20.4 Å². The Hall–Kier alpha value is -4.16. The van der Waals surface area contributed by atoms with Crippen molar-refractivity contribution in [2.45, 2.75) is 0 Å². The van der Waals surface area contributed by atoms with E-state index >= 15 is 0 Å². The van der Waals surface area contributed by atoms with Crippen LogP contribution >= 0.6 is 31.9 Å². The SMILES string of the molecule is COC(=O)/C=C/N1CCN/C1=C\C(=O)c1ccc(Br)cc1.COC(=O)/C=C/N1CCN/C1=C\C(=O)c1ccc(Br)cc1. The molecule has 12 heteroatoms. The molecule has 0 atom stereocenters. The predicted octanol–water partition coefficient (Wildman–Crippen LogP) is 4.13. The molecule has 0 aromatic heterocycles. The van der Waals surface area contributed by atoms with Crippen molar-refractivity contribution in [3.63, 3.8) is 0 Å². The topological polar surface area (TPSA) is 117 Å². The van der Waals surface area contributed by atoms with Gasteiger partial charge in [0.25, 0.3) is 0 Å². The third kappa shape index (κ3) is 10.0. The first-order valence-electron chi connectivity index (χ1n) is 12.8. The molecule has 2 aliphatic heterocycles. The number of carbonyl (C=O) groups excluding carboxylic acids is 4. The van der Waals surface area contributed by atoms with Crippen molar-refractivity contribution < 1.29 is 28.7 Å². The third-order valence-electron chi connectivity index (χ3n) is 5.91. The maximum Gasteiger partial charge on any atom is 0.331 e. The zero-order valence-electron chi connectivity index (χ0n) is 23.0. The minimum atomic E-state index is -0.430. The molecule has 4 rings (SSSR count). The summed E-state index contributed by atoms with van der Waals surface area (Å²) in [6, 6.07) is 14.3. The fourth-order valence-corrected chi connectivity index (χ4v) is 4.24. The van der Waals surface area contributed by atoms with Crippen molar-refractivity contribution in [3.05, 3.63) is 117 Å². The van der Waals surface area contributed by atoms with E-state index in [1.165, 1.54) is 38.5 Å². The number of ketones is 2. The molecule has 2 fully saturated rings. The molecule has 0 amide bonds. The molecule has 2 heterocycles. The van der Waals surface area contributed by atoms with Gasteiger partial charge in [0.2, 0.25) is 0 Å². The average Bonchev–Trinajstić information content (AvgIpc) is 3.64. The van der Waals surface area contributed by atoms with Gasteiger partial charge >= 0.3 is 11.9 Å². The van der Waals surface area contributed by atoms with Crippen LogP contribution in [0.25, 0.3) is 0 Å². The van der Waals surface area contributed by atoms with Gasteiger partial charge in [0.1, 0.15) is 11.6 Å². The smallest absolute Gasteiger partial charge is 0.331 e. The van der Waals surface area contributed by atoms with Gasteiger partial charge in [-0.15, -0.1) is 0 Å². The van der Waals surface area contributed by atoms with Crippen LogP contribution in [0.4, 0.5) is 0 Å². The highest BCUT2D eigenvalue weighted by Crippen LogP contribution is 2.15. The van der Waals surface area contributed by atoms with E-state index in [1.807, 2.05) is 24.3 Å². The number of ether oxygens (including phenoxy) is 2. The number of benzene rings is 2. The Kier molecular flexibility index (Phi) is 12.6. The molecule has 2 aromatic carbocycles. The van der Waals surface area contributed by atoms with Crippen molar-refractivity contribution >= 4 is 55.4 Å². The lowest BCUT2D eigenvalue weighted by Crippen LogP contribution is -2.16. The molecule has 0 saturated carbocycles. The summed E-state index contributed by atoms with van der Waals surface area (Å²) >= 11 is 6.67. The first kappa shape index (κ1) is 32.4. The zero-order chi connectivity index (χ0) is 30.5. The first-order valence-corrected chi connectivity index (χ1v) is 14.3. The Morgan fingerprint density at radius 3 is 1.36 bits per heavy atom. The van der Waals surface area contributed by atoms with Crippen LogP contribution in [0.2, 0.25) is 0 Å². The first-order chi connectivity index (χ1) is 20.2. The van der Waals surface area contributed by atoms with Crippen LogP contribution in [0, 0.1) is 0 Å². The summed E-state index contributed by atoms with van der Waals surface area (Å²) in [6.45, 7) is 2.80. The number of methoxy groups -OCH3 is 2. The van der Waals surface area contributed by atoms with Crippen molar-refractivity contribution in [2.24, 2.45) is 0 Å². The molecule has 220 valence electrons. The molecule has 2 saturated heterocycles. The minimum absolute atomic E-state index is 0.0941. The Balaban J connectivity index is 0.000000230. The Morgan fingerprint density at radius 1 is 0.667 bits per heavy atom. The number of nitrogens with zero attached hydrogens (tertiary/aromatic N) is 2. The van der Waals surface area contributed by atoms with Gasteiger partial charge in [0.05, 0.1) is 14.2 Å². The standard InChI is InChI=1S/2C15H15BrN2O3/c2*1-21-15(20)6-8-18-9-7-17-14(18)10-13(19)11-2-4-12(16)5-3-11/h2*2-6,8,10,17H,7,9H2,1H3/b2*8-6+,14-10+. The third-order valence-corrected chi connectivity index (χ3v) is 6.97. The van der Waals surface area contributed by atoms with Crippen LogP contribution in [0.15, 0.2) is 106 Å². The van der Waals surface area contributed by atoms with Crippen LogP contribution < -0.4 is 10.6 Å². The van der Waals surface area contributed by atoms with Gasteiger partial charge in [-0.3, -0.25) is 9.59 Å². The average molecular weight is 702 g/mol. The van der Waals surface area contributed by atoms with Crippen LogP contribution in [-0.2, 0) is 19.1 Å². The zero-order valence-corrected chi connectivity index (χ0v) is 26.2. The fraction of sp³-hybridized carbons (Fsp3) is 0.200. The number of nitrogens with one attached hydrogen (secondary N) is 2. The summed E-state index contributed by atoms with van der Waals surface area (Å²) in [6.07, 6.45) is 8.91. The van der Waals surface area contributed by atoms with Crippen LogP contribution in [0.1, 0.15) is 20.7 Å². The van der Waals surface area contributed by atoms with Crippen LogP contribution in [0.5, 0.6) is 0 Å². The number of hydrogen-bond acceptors (Lipinski definition) is 10. The lowest BCUT2D eigenvalue weighted by Gasteiger charge is -2.12. The van der Waals surface area contributed by atoms with Crippen LogP contribution in [-0.4, -0.2) is 73.7 Å². The highest BCUT2D eigenvalue weighted by atomic mass is 79.9. The number of rotatable bonds is 8. The summed E-state index contributed by atoms with van der Waals surface area (Å²) in [5.41, 5.74) is 1.22. The maximum absolute atomic E-state index is 12.2. The quantitative estimate of drug-likeness (QED) is 0.237. The van der Waals surface area contributed by atoms with Gasteiger partial charge in [-0.05, 0) is 48.5 Å². The van der Waals surface area contributed by atoms with Crippen LogP contribution in [0.3, 0.4) is 0 Å². The van der Waals surface area contributed by atoms with E-state index in [-0.39, 0.29) is 11.6 Å². The Labute approximate surface area is 261 Å². The number of esters is 2. The van der Waals surface area contributed by atoms with E-state index in [4.69, 9.17) is 0 Å². The van der Waals surface area contributed by atoms with Gasteiger partial charge in [0, 0.05) is 83.0 Å². The highest BCUT2D eigenvalue weighted by Gasteiger charge is 2.17. The molecule has 0 aliphatic carbocycles. The van der Waals surface area contributed by atoms with E-state index in [0.29, 0.717) is 48.9 Å². The maximum atomic E-state index is 12.2. The van der Waals surface area contributed by atoms with E-state index in [1.54, 1.807) is 46.5 Å². The lowest BCUT2D eigenvalue weighted by atomic mass is 10.1. The molecule has 0 spiro atoms. The largest absolute Gasteiger partial charge is 0.466 e. The molecule has 0 bridgehead atoms. The second kappa shape index (κ2) is 16.3. The molecule has 2 N–H and O–H groups in total. The predicted molar refractivity (Wildman–Crippen MR) is 165 cm³/mol. The number of carbonyl (C=O) groups is 4. The van der Waals surface area contributed by atoms with E-state index in [0.717, 1.165) is 8.95 Å². The van der Waals surface area contributed by atoms with Crippen molar-refractivity contribution in [3.8, 4) is 0 Å². The fourth-order valence-electron chi connectivity index (χ4n) is 3.71. The highest BCUT2D eigenvalue weighted by molar-refractivity contribution is 9.10. The normalized spacial score (nSPS) is 16.3. The van der Waals surface area contributed by atoms with Gasteiger partial charge in [0.15, 0.2) is 11.6 Å². The Bertz CT molecular complexity index is 1290. The summed E-state index contributed by atoms with van der Waals surface area (Å²) < 4.78 is 10.9. The molecule has 2 aliphatic rings. The molecule has 0 unspecified atom stereocenters. The number of halogens is 2. The molecular weight excluding hydrogens is 672 g/mol. The van der Waals surface area contributed by atoms with Gasteiger partial charge in [-0.1, -0.05) is 31.9 Å². The second-order valence-corrected chi connectivity index (χ2v) is 10.6. The summed E-state index contributed by atoms with van der Waals surface area (Å²) in [5, 5.41) is 6.23. The minimum Gasteiger partial charge on any atom is -0.466 e. The second-order valence-electron chi connectivity index (χ2n) is 8.72. The van der Waals surface area contributed by atoms with Gasteiger partial charge in [-0.2, -0.15) is 0 Å². The number of hydrogen-bond donors (Lipinski definition) is 2. The summed E-state index contributed by atoms with van der Waals surface area (Å²) in [5.74, 6) is 0.291. The van der Waals surface area contributed by atoms with Crippen molar-refractivity contribution in [2.75, 3.05) is 40.4 Å². The van der Waals surface area contributed by atoms with Gasteiger partial charge in [-0.25, -0.2) is 9.59 Å². The van der Waals surface area contributed by atoms with Crippen molar-refractivity contribution in [1.29, 1.82) is 0 Å². The molecule has 42 heavy (non-hydrogen) atoms. The molecule has 10 nitrogen and oxygen atoms in total. The van der Waals surface area contributed by atoms with E-state index in [9.17, 15) is 19.2 Å². The molecule has 2 aromatic rings. The van der Waals surface area contributed by atoms with E-state index < -0.39 is 11.9 Å². The lowest BCUT2D eigenvalue weighted by molar-refractivity contribution is -0.135. The van der Waals surface area contributed by atoms with E-state index in [2.05, 4.69) is 52.0 Å². The Morgan fingerprint density at radius 2 is 1.02 bits per heavy atom. The summed E-state index contributed by atoms with van der Waals surface area (Å²) in [4.78, 5) is 50.2. The molecular formula is C30H30Br2N4O6. The molecule has 0 radical (unpaired) electrons. The number of allylic oxidation sites excluding steroid dienone is 2.